The molecule has 4 nitrogen and oxygen atoms in total. The van der Waals surface area contributed by atoms with Crippen molar-refractivity contribution in [3.63, 3.8) is 0 Å². The summed E-state index contributed by atoms with van der Waals surface area (Å²) in [5, 5.41) is 6.62. The van der Waals surface area contributed by atoms with Gasteiger partial charge in [-0.3, -0.25) is 0 Å². The van der Waals surface area contributed by atoms with Crippen molar-refractivity contribution in [2.75, 3.05) is 25.0 Å². The first-order valence-corrected chi connectivity index (χ1v) is 6.98. The van der Waals surface area contributed by atoms with Crippen molar-refractivity contribution in [2.24, 2.45) is 0 Å². The molecule has 0 aromatic heterocycles. The number of hydrogen-bond donors (Lipinski definition) is 2. The lowest BCUT2D eigenvalue weighted by Crippen LogP contribution is -2.53. The Morgan fingerprint density at radius 3 is 3.06 bits per heavy atom. The van der Waals surface area contributed by atoms with E-state index in [1.807, 2.05) is 17.9 Å². The first-order chi connectivity index (χ1) is 8.58. The zero-order valence-corrected chi connectivity index (χ0v) is 12.4. The van der Waals surface area contributed by atoms with E-state index in [1.54, 1.807) is 12.1 Å². The number of amides is 2. The minimum atomic E-state index is -0.103. The average Bonchev–Trinajstić information content (AvgIpc) is 2.33. The third-order valence-corrected chi connectivity index (χ3v) is 3.74. The summed E-state index contributed by atoms with van der Waals surface area (Å²) in [6, 6.07) is 5.49. The largest absolute Gasteiger partial charge is 0.322 e. The molecule has 1 aromatic rings. The Balaban J connectivity index is 2.06. The maximum Gasteiger partial charge on any atom is 0.322 e. The van der Waals surface area contributed by atoms with E-state index in [0.29, 0.717) is 17.3 Å². The highest BCUT2D eigenvalue weighted by atomic mass is 79.9. The Morgan fingerprint density at radius 1 is 1.61 bits per heavy atom. The Kier molecular flexibility index (Phi) is 4.48. The van der Waals surface area contributed by atoms with Gasteiger partial charge in [-0.1, -0.05) is 27.5 Å². The van der Waals surface area contributed by atoms with Gasteiger partial charge in [-0.2, -0.15) is 0 Å². The molecule has 1 saturated heterocycles. The minimum Gasteiger partial charge on any atom is -0.319 e. The number of anilines is 1. The molecule has 1 fully saturated rings. The van der Waals surface area contributed by atoms with Gasteiger partial charge < -0.3 is 15.5 Å². The Bertz CT molecular complexity index is 455. The molecule has 1 aliphatic heterocycles. The van der Waals surface area contributed by atoms with E-state index >= 15 is 0 Å². The summed E-state index contributed by atoms with van der Waals surface area (Å²) >= 11 is 9.41. The number of halogens is 2. The van der Waals surface area contributed by atoms with Crippen LogP contribution in [-0.2, 0) is 0 Å². The molecule has 0 bridgehead atoms. The topological polar surface area (TPSA) is 44.4 Å². The second kappa shape index (κ2) is 5.91. The lowest BCUT2D eigenvalue weighted by molar-refractivity contribution is 0.177. The zero-order valence-electron chi connectivity index (χ0n) is 10.0. The van der Waals surface area contributed by atoms with Crippen molar-refractivity contribution >= 4 is 39.2 Å². The maximum atomic E-state index is 12.1. The molecule has 0 aliphatic carbocycles. The molecule has 0 spiro atoms. The maximum absolute atomic E-state index is 12.1. The summed E-state index contributed by atoms with van der Waals surface area (Å²) < 4.78 is 0.890. The van der Waals surface area contributed by atoms with Gasteiger partial charge in [0.1, 0.15) is 0 Å². The molecule has 0 radical (unpaired) electrons. The second-order valence-corrected chi connectivity index (χ2v) is 5.62. The van der Waals surface area contributed by atoms with Crippen LogP contribution < -0.4 is 10.6 Å². The van der Waals surface area contributed by atoms with Crippen LogP contribution in [0.4, 0.5) is 10.5 Å². The highest BCUT2D eigenvalue weighted by Gasteiger charge is 2.23. The van der Waals surface area contributed by atoms with Crippen molar-refractivity contribution in [1.82, 2.24) is 10.2 Å². The molecule has 2 N–H and O–H groups in total. The second-order valence-electron chi connectivity index (χ2n) is 4.30. The fraction of sp³-hybridized carbons (Fsp3) is 0.417. The van der Waals surface area contributed by atoms with Crippen LogP contribution in [0.1, 0.15) is 6.92 Å². The standard InChI is InChI=1S/C12H15BrClN3O/c1-8-7-15-4-5-17(8)12(18)16-11-3-2-9(13)6-10(11)14/h2-3,6,8,15H,4-5,7H2,1H3,(H,16,18)/t8-/m0/s1. The minimum absolute atomic E-state index is 0.103. The molecule has 18 heavy (non-hydrogen) atoms. The van der Waals surface area contributed by atoms with Gasteiger partial charge in [0.15, 0.2) is 0 Å². The molecular formula is C12H15BrClN3O. The van der Waals surface area contributed by atoms with Crippen LogP contribution in [0.2, 0.25) is 5.02 Å². The van der Waals surface area contributed by atoms with E-state index in [9.17, 15) is 4.79 Å². The Morgan fingerprint density at radius 2 is 2.39 bits per heavy atom. The van der Waals surface area contributed by atoms with E-state index in [0.717, 1.165) is 17.6 Å². The van der Waals surface area contributed by atoms with E-state index in [1.165, 1.54) is 0 Å². The first kappa shape index (κ1) is 13.6. The van der Waals surface area contributed by atoms with Crippen molar-refractivity contribution in [1.29, 1.82) is 0 Å². The number of nitrogens with one attached hydrogen (secondary N) is 2. The summed E-state index contributed by atoms with van der Waals surface area (Å²) in [4.78, 5) is 13.9. The van der Waals surface area contributed by atoms with Gasteiger partial charge in [-0.25, -0.2) is 4.79 Å². The summed E-state index contributed by atoms with van der Waals surface area (Å²) in [5.41, 5.74) is 0.635. The van der Waals surface area contributed by atoms with Gasteiger partial charge >= 0.3 is 6.03 Å². The molecule has 1 aromatic carbocycles. The van der Waals surface area contributed by atoms with Crippen molar-refractivity contribution < 1.29 is 4.79 Å². The molecule has 0 saturated carbocycles. The van der Waals surface area contributed by atoms with Crippen LogP contribution in [0.3, 0.4) is 0 Å². The predicted molar refractivity (Wildman–Crippen MR) is 77.2 cm³/mol. The molecule has 0 unspecified atom stereocenters. The van der Waals surface area contributed by atoms with Gasteiger partial charge in [-0.15, -0.1) is 0 Å². The normalized spacial score (nSPS) is 19.7. The quantitative estimate of drug-likeness (QED) is 0.830. The van der Waals surface area contributed by atoms with E-state index in [2.05, 4.69) is 26.6 Å². The highest BCUT2D eigenvalue weighted by Crippen LogP contribution is 2.26. The van der Waals surface area contributed by atoms with Gasteiger partial charge in [0.2, 0.25) is 0 Å². The monoisotopic (exact) mass is 331 g/mol. The predicted octanol–water partition coefficient (Wildman–Crippen LogP) is 2.93. The van der Waals surface area contributed by atoms with Crippen LogP contribution in [-0.4, -0.2) is 36.6 Å². The molecule has 1 aliphatic rings. The molecule has 2 rings (SSSR count). The summed E-state index contributed by atoms with van der Waals surface area (Å²) in [6.07, 6.45) is 0. The Labute approximate surface area is 120 Å². The lowest BCUT2D eigenvalue weighted by atomic mass is 10.2. The molecule has 1 heterocycles. The number of benzene rings is 1. The number of carbonyl (C=O) groups excluding carboxylic acids is 1. The van der Waals surface area contributed by atoms with Gasteiger partial charge in [0, 0.05) is 30.1 Å². The number of urea groups is 1. The van der Waals surface area contributed by atoms with E-state index < -0.39 is 0 Å². The van der Waals surface area contributed by atoms with Gasteiger partial charge in [-0.05, 0) is 25.1 Å². The van der Waals surface area contributed by atoms with Crippen LogP contribution in [0.15, 0.2) is 22.7 Å². The van der Waals surface area contributed by atoms with Crippen LogP contribution in [0.25, 0.3) is 0 Å². The highest BCUT2D eigenvalue weighted by molar-refractivity contribution is 9.10. The number of nitrogens with zero attached hydrogens (tertiary/aromatic N) is 1. The van der Waals surface area contributed by atoms with Crippen molar-refractivity contribution in [2.45, 2.75) is 13.0 Å². The summed E-state index contributed by atoms with van der Waals surface area (Å²) in [7, 11) is 0. The zero-order chi connectivity index (χ0) is 13.1. The van der Waals surface area contributed by atoms with Crippen LogP contribution in [0.5, 0.6) is 0 Å². The van der Waals surface area contributed by atoms with Gasteiger partial charge in [0.25, 0.3) is 0 Å². The first-order valence-electron chi connectivity index (χ1n) is 5.81. The fourth-order valence-electron chi connectivity index (χ4n) is 1.92. The summed E-state index contributed by atoms with van der Waals surface area (Å²) in [6.45, 7) is 4.38. The van der Waals surface area contributed by atoms with Crippen LogP contribution in [0, 0.1) is 0 Å². The van der Waals surface area contributed by atoms with Crippen molar-refractivity contribution in [3.05, 3.63) is 27.7 Å². The summed E-state index contributed by atoms with van der Waals surface area (Å²) in [5.74, 6) is 0. The van der Waals surface area contributed by atoms with E-state index in [-0.39, 0.29) is 12.1 Å². The molecular weight excluding hydrogens is 318 g/mol. The van der Waals surface area contributed by atoms with Crippen molar-refractivity contribution in [3.8, 4) is 0 Å². The number of piperazine rings is 1. The molecule has 98 valence electrons. The number of hydrogen-bond acceptors (Lipinski definition) is 2. The molecule has 2 amide bonds. The van der Waals surface area contributed by atoms with Gasteiger partial charge in [0.05, 0.1) is 10.7 Å². The SMILES string of the molecule is C[C@H]1CNCCN1C(=O)Nc1ccc(Br)cc1Cl. The number of carbonyl (C=O) groups is 1. The lowest BCUT2D eigenvalue weighted by Gasteiger charge is -2.33. The number of rotatable bonds is 1. The fourth-order valence-corrected chi connectivity index (χ4v) is 2.64. The Hall–Kier alpha value is -0.780. The van der Waals surface area contributed by atoms with E-state index in [4.69, 9.17) is 11.6 Å². The van der Waals surface area contributed by atoms with Crippen LogP contribution >= 0.6 is 27.5 Å². The third-order valence-electron chi connectivity index (χ3n) is 2.93. The third kappa shape index (κ3) is 3.16. The average molecular weight is 333 g/mol. The smallest absolute Gasteiger partial charge is 0.319 e. The molecule has 6 heteroatoms. The molecule has 1 atom stereocenters.